The molecule has 8 nitrogen and oxygen atoms in total. The Morgan fingerprint density at radius 2 is 0.489 bits per heavy atom. The molecule has 0 atom stereocenters. The van der Waals surface area contributed by atoms with Crippen LogP contribution >= 0.6 is 0 Å². The molecule has 0 aromatic carbocycles. The largest absolute Gasteiger partial charge is 0.379 e. The minimum absolute atomic E-state index is 0.432. The fourth-order valence-electron chi connectivity index (χ4n) is 4.66. The van der Waals surface area contributed by atoms with Crippen molar-refractivity contribution in [1.82, 2.24) is 0 Å². The highest BCUT2D eigenvalue weighted by molar-refractivity contribution is 6.56. The van der Waals surface area contributed by atoms with Crippen LogP contribution in [0.25, 0.3) is 0 Å². The van der Waals surface area contributed by atoms with E-state index in [1.54, 1.807) is 0 Å². The van der Waals surface area contributed by atoms with Gasteiger partial charge in [0.05, 0.1) is 84.7 Å². The van der Waals surface area contributed by atoms with Crippen LogP contribution in [0.1, 0.15) is 25.7 Å². The highest BCUT2D eigenvalue weighted by Gasteiger charge is 2.32. The Balaban J connectivity index is 4.92. The van der Waals surface area contributed by atoms with E-state index in [1.165, 1.54) is 24.2 Å². The van der Waals surface area contributed by atoms with E-state index in [0.29, 0.717) is 79.3 Å². The maximum Gasteiger partial charge on any atom is 0.0700 e. The molecular weight excluding hydrogens is 637 g/mol. The maximum atomic E-state index is 6.19. The Labute approximate surface area is 285 Å². The van der Waals surface area contributed by atoms with Gasteiger partial charge in [-0.15, -0.1) is 0 Å². The minimum atomic E-state index is -0.515. The molecule has 0 saturated carbocycles. The predicted octanol–water partition coefficient (Wildman–Crippen LogP) is 5.61. The molecule has 0 rings (SSSR count). The van der Waals surface area contributed by atoms with Crippen molar-refractivity contribution in [2.75, 3.05) is 106 Å². The molecule has 0 aliphatic carbocycles. The van der Waals surface area contributed by atoms with Crippen molar-refractivity contribution in [2.45, 2.75) is 102 Å². The summed E-state index contributed by atoms with van der Waals surface area (Å²) in [6.07, 6.45) is 4.59. The molecule has 0 aromatic heterocycles. The van der Waals surface area contributed by atoms with Gasteiger partial charge in [-0.3, -0.25) is 0 Å². The van der Waals surface area contributed by atoms with E-state index in [4.69, 9.17) is 37.9 Å². The summed E-state index contributed by atoms with van der Waals surface area (Å²) in [5.41, 5.74) is -0.432. The lowest BCUT2D eigenvalue weighted by Gasteiger charge is -2.33. The fraction of sp³-hybridized carbons (Fsp3) is 1.00. The first-order valence-electron chi connectivity index (χ1n) is 18.3. The van der Waals surface area contributed by atoms with Gasteiger partial charge in [0.1, 0.15) is 0 Å². The van der Waals surface area contributed by atoms with Crippen molar-refractivity contribution < 1.29 is 37.9 Å². The van der Waals surface area contributed by atoms with Crippen molar-refractivity contribution in [3.8, 4) is 0 Å². The third-order valence-corrected chi connectivity index (χ3v) is 13.7. The van der Waals surface area contributed by atoms with Crippen LogP contribution < -0.4 is 0 Å². The molecular formula is C33H76O8Si4. The normalized spacial score (nSPS) is 12.5. The molecule has 0 fully saturated rings. The Morgan fingerprint density at radius 3 is 0.689 bits per heavy atom. The highest BCUT2D eigenvalue weighted by atomic mass is 28.3. The summed E-state index contributed by atoms with van der Waals surface area (Å²) in [5.74, 6) is 0. The topological polar surface area (TPSA) is 73.8 Å². The van der Waals surface area contributed by atoms with Crippen LogP contribution in [0, 0.1) is 5.41 Å². The van der Waals surface area contributed by atoms with Gasteiger partial charge in [0.15, 0.2) is 0 Å². The molecule has 272 valence electrons. The smallest absolute Gasteiger partial charge is 0.0700 e. The second kappa shape index (κ2) is 33.1. The summed E-state index contributed by atoms with van der Waals surface area (Å²) in [6, 6.07) is 5.30. The number of ether oxygens (including phenoxy) is 8. The second-order valence-electron chi connectivity index (χ2n) is 14.3. The molecule has 45 heavy (non-hydrogen) atoms. The van der Waals surface area contributed by atoms with Crippen molar-refractivity contribution in [2.24, 2.45) is 5.41 Å². The molecule has 12 heteroatoms. The summed E-state index contributed by atoms with van der Waals surface area (Å²) >= 11 is 0. The molecule has 0 spiro atoms. The average Bonchev–Trinajstić information content (AvgIpc) is 2.97. The number of hydrogen-bond acceptors (Lipinski definition) is 8. The Morgan fingerprint density at radius 1 is 0.289 bits per heavy atom. The molecule has 0 aliphatic heterocycles. The molecule has 0 N–H and O–H groups in total. The molecule has 0 saturated heterocycles. The minimum Gasteiger partial charge on any atom is -0.379 e. The van der Waals surface area contributed by atoms with Crippen molar-refractivity contribution in [3.05, 3.63) is 0 Å². The molecule has 0 aliphatic rings. The van der Waals surface area contributed by atoms with E-state index in [-0.39, 0.29) is 0 Å². The van der Waals surface area contributed by atoms with Gasteiger partial charge < -0.3 is 37.9 Å². The highest BCUT2D eigenvalue weighted by Crippen LogP contribution is 2.21. The Bertz CT molecular complexity index is 502. The van der Waals surface area contributed by atoms with Crippen LogP contribution in [0.15, 0.2) is 0 Å². The predicted molar refractivity (Wildman–Crippen MR) is 202 cm³/mol. The van der Waals surface area contributed by atoms with Gasteiger partial charge in [-0.1, -0.05) is 76.6 Å². The molecule has 0 amide bonds. The number of hydrogen-bond donors (Lipinski definition) is 0. The van der Waals surface area contributed by atoms with Crippen LogP contribution in [0.5, 0.6) is 0 Å². The van der Waals surface area contributed by atoms with Gasteiger partial charge in [0.2, 0.25) is 0 Å². The zero-order chi connectivity index (χ0) is 33.4. The lowest BCUT2D eigenvalue weighted by molar-refractivity contribution is -0.121. The average molecular weight is 713 g/mol. The zero-order valence-electron chi connectivity index (χ0n) is 31.0. The first kappa shape index (κ1) is 45.5. The van der Waals surface area contributed by atoms with Crippen molar-refractivity contribution in [1.29, 1.82) is 0 Å². The van der Waals surface area contributed by atoms with E-state index in [0.717, 1.165) is 52.1 Å². The van der Waals surface area contributed by atoms with Gasteiger partial charge in [0, 0.05) is 61.6 Å². The lowest BCUT2D eigenvalue weighted by atomic mass is 9.92. The van der Waals surface area contributed by atoms with Gasteiger partial charge in [-0.25, -0.2) is 0 Å². The van der Waals surface area contributed by atoms with E-state index < -0.39 is 40.6 Å². The fourth-order valence-corrected chi connectivity index (χ4v) is 8.59. The van der Waals surface area contributed by atoms with E-state index in [2.05, 4.69) is 52.4 Å². The second-order valence-corrected chi connectivity index (χ2v) is 27.8. The number of rotatable bonds is 36. The van der Waals surface area contributed by atoms with Crippen LogP contribution in [0.2, 0.25) is 76.6 Å². The summed E-state index contributed by atoms with van der Waals surface area (Å²) in [5, 5.41) is 0. The van der Waals surface area contributed by atoms with Gasteiger partial charge in [-0.05, 0) is 25.7 Å². The zero-order valence-corrected chi connectivity index (χ0v) is 35.7. The molecule has 0 heterocycles. The van der Waals surface area contributed by atoms with E-state index in [1.807, 2.05) is 0 Å². The van der Waals surface area contributed by atoms with Gasteiger partial charge >= 0.3 is 0 Å². The van der Waals surface area contributed by atoms with E-state index >= 15 is 0 Å². The molecule has 0 bridgehead atoms. The molecule has 0 radical (unpaired) electrons. The molecule has 0 unspecified atom stereocenters. The standard InChI is InChI=1S/C33H76O8Si4/c1-42(2)25-9-13-34-17-21-38-29-33(30-39-22-18-35-14-10-26-43(3)4,31-40-23-19-36-15-11-27-44(5)6)32-41-24-20-37-16-12-28-45(7)8/h42-45H,9-32H2,1-8H3. The van der Waals surface area contributed by atoms with Crippen LogP contribution in [-0.4, -0.2) is 141 Å². The van der Waals surface area contributed by atoms with Crippen LogP contribution in [0.3, 0.4) is 0 Å². The molecule has 0 aromatic rings. The third-order valence-electron chi connectivity index (χ3n) is 7.40. The SMILES string of the molecule is C[SiH](C)CCCOCCOCC(COCCOCCC[SiH](C)C)(COCCOCCC[SiH](C)C)COCCOCCC[SiH](C)C. The van der Waals surface area contributed by atoms with E-state index in [9.17, 15) is 0 Å². The quantitative estimate of drug-likeness (QED) is 0.0614. The van der Waals surface area contributed by atoms with Crippen LogP contribution in [-0.2, 0) is 37.9 Å². The Hall–Kier alpha value is 0.548. The third kappa shape index (κ3) is 34.2. The first-order valence-corrected chi connectivity index (χ1v) is 30.8. The summed E-state index contributed by atoms with van der Waals surface area (Å²) < 4.78 is 48.1. The first-order chi connectivity index (χ1) is 21.7. The maximum absolute atomic E-state index is 6.19. The monoisotopic (exact) mass is 712 g/mol. The summed E-state index contributed by atoms with van der Waals surface area (Å²) in [6.45, 7) is 28.9. The van der Waals surface area contributed by atoms with Crippen molar-refractivity contribution in [3.63, 3.8) is 0 Å². The lowest BCUT2D eigenvalue weighted by Crippen LogP contribution is -2.42. The van der Waals surface area contributed by atoms with Gasteiger partial charge in [-0.2, -0.15) is 0 Å². The Kier molecular flexibility index (Phi) is 33.5. The van der Waals surface area contributed by atoms with Crippen molar-refractivity contribution >= 4 is 35.2 Å². The summed E-state index contributed by atoms with van der Waals surface area (Å²) in [4.78, 5) is 0. The summed E-state index contributed by atoms with van der Waals surface area (Å²) in [7, 11) is -2.06. The van der Waals surface area contributed by atoms with Gasteiger partial charge in [0.25, 0.3) is 0 Å². The van der Waals surface area contributed by atoms with Crippen LogP contribution in [0.4, 0.5) is 0 Å².